The Labute approximate surface area is 88.5 Å². The molecule has 1 N–H and O–H groups in total. The molecule has 0 aliphatic carbocycles. The summed E-state index contributed by atoms with van der Waals surface area (Å²) in [6, 6.07) is 2.86. The Morgan fingerprint density at radius 2 is 1.94 bits per heavy atom. The van der Waals surface area contributed by atoms with Gasteiger partial charge >= 0.3 is 12.1 Å². The number of hydrogen-bond acceptors (Lipinski definition) is 1. The molecule has 0 heterocycles. The van der Waals surface area contributed by atoms with Crippen molar-refractivity contribution < 1.29 is 27.5 Å². The van der Waals surface area contributed by atoms with E-state index in [9.17, 15) is 22.4 Å². The molecular formula is C10H8F4O2. The quantitative estimate of drug-likeness (QED) is 0.819. The molecule has 88 valence electrons. The number of aromatic carboxylic acids is 1. The first-order chi connectivity index (χ1) is 7.29. The van der Waals surface area contributed by atoms with Gasteiger partial charge in [0.2, 0.25) is 0 Å². The molecule has 0 saturated carbocycles. The third-order valence-corrected chi connectivity index (χ3v) is 1.98. The Morgan fingerprint density at radius 3 is 2.38 bits per heavy atom. The maximum absolute atomic E-state index is 13.2. The summed E-state index contributed by atoms with van der Waals surface area (Å²) in [5.41, 5.74) is -0.421. The maximum atomic E-state index is 13.2. The summed E-state index contributed by atoms with van der Waals surface area (Å²) in [4.78, 5) is 10.4. The maximum Gasteiger partial charge on any atom is 0.389 e. The highest BCUT2D eigenvalue weighted by Gasteiger charge is 2.27. The van der Waals surface area contributed by atoms with E-state index in [4.69, 9.17) is 5.11 Å². The van der Waals surface area contributed by atoms with Crippen LogP contribution in [0.1, 0.15) is 22.3 Å². The summed E-state index contributed by atoms with van der Waals surface area (Å²) in [6.07, 6.45) is -5.97. The average Bonchev–Trinajstić information content (AvgIpc) is 2.14. The molecule has 6 heteroatoms. The number of halogens is 4. The standard InChI is InChI=1S/C10H8F4O2/c11-8-5-7(9(15)16)2-1-6(8)3-4-10(12,13)14/h1-2,5H,3-4H2,(H,15,16). The SMILES string of the molecule is O=C(O)c1ccc(CCC(F)(F)F)c(F)c1. The van der Waals surface area contributed by atoms with E-state index in [-0.39, 0.29) is 11.1 Å². The van der Waals surface area contributed by atoms with Crippen LogP contribution in [0.4, 0.5) is 17.6 Å². The number of rotatable bonds is 3. The fourth-order valence-electron chi connectivity index (χ4n) is 1.16. The zero-order valence-electron chi connectivity index (χ0n) is 8.01. The lowest BCUT2D eigenvalue weighted by Crippen LogP contribution is -2.09. The molecule has 0 aliphatic rings. The molecule has 0 unspecified atom stereocenters. The van der Waals surface area contributed by atoms with E-state index in [1.165, 1.54) is 0 Å². The third kappa shape index (κ3) is 3.52. The summed E-state index contributed by atoms with van der Waals surface area (Å²) >= 11 is 0. The predicted octanol–water partition coefficient (Wildman–Crippen LogP) is 3.02. The first-order valence-electron chi connectivity index (χ1n) is 4.38. The number of carbonyl (C=O) groups is 1. The van der Waals surface area contributed by atoms with Gasteiger partial charge in [-0.25, -0.2) is 9.18 Å². The van der Waals surface area contributed by atoms with Crippen LogP contribution >= 0.6 is 0 Å². The normalized spacial score (nSPS) is 11.5. The van der Waals surface area contributed by atoms with Crippen molar-refractivity contribution in [2.45, 2.75) is 19.0 Å². The summed E-state index contributed by atoms with van der Waals surface area (Å²) in [5.74, 6) is -2.24. The van der Waals surface area contributed by atoms with E-state index in [1.807, 2.05) is 0 Å². The second kappa shape index (κ2) is 4.51. The molecule has 0 aromatic heterocycles. The molecule has 16 heavy (non-hydrogen) atoms. The molecule has 0 aliphatic heterocycles. The molecular weight excluding hydrogens is 228 g/mol. The Balaban J connectivity index is 2.80. The summed E-state index contributed by atoms with van der Waals surface area (Å²) in [5, 5.41) is 8.51. The Kier molecular flexibility index (Phi) is 3.51. The molecule has 0 bridgehead atoms. The molecule has 1 rings (SSSR count). The second-order valence-corrected chi connectivity index (χ2v) is 3.23. The minimum absolute atomic E-state index is 0.137. The van der Waals surface area contributed by atoms with Crippen molar-refractivity contribution >= 4 is 5.97 Å². The first-order valence-corrected chi connectivity index (χ1v) is 4.38. The number of alkyl halides is 3. The topological polar surface area (TPSA) is 37.3 Å². The predicted molar refractivity (Wildman–Crippen MR) is 47.7 cm³/mol. The molecule has 0 amide bonds. The summed E-state index contributed by atoms with van der Waals surface area (Å²) in [7, 11) is 0. The van der Waals surface area contributed by atoms with E-state index in [0.29, 0.717) is 6.07 Å². The number of carboxylic acids is 1. The van der Waals surface area contributed by atoms with Crippen molar-refractivity contribution in [1.82, 2.24) is 0 Å². The highest BCUT2D eigenvalue weighted by Crippen LogP contribution is 2.23. The highest BCUT2D eigenvalue weighted by molar-refractivity contribution is 5.87. The van der Waals surface area contributed by atoms with Gasteiger partial charge in [-0.3, -0.25) is 0 Å². The van der Waals surface area contributed by atoms with Crippen LogP contribution in [-0.4, -0.2) is 17.3 Å². The van der Waals surface area contributed by atoms with E-state index < -0.39 is 30.8 Å². The molecule has 0 atom stereocenters. The van der Waals surface area contributed by atoms with Crippen molar-refractivity contribution in [3.63, 3.8) is 0 Å². The number of benzene rings is 1. The summed E-state index contributed by atoms with van der Waals surface area (Å²) in [6.45, 7) is 0. The van der Waals surface area contributed by atoms with Gasteiger partial charge in [0, 0.05) is 6.42 Å². The van der Waals surface area contributed by atoms with Gasteiger partial charge in [0.1, 0.15) is 5.82 Å². The lowest BCUT2D eigenvalue weighted by Gasteiger charge is -2.07. The number of carboxylic acid groups (broad SMARTS) is 1. The van der Waals surface area contributed by atoms with Crippen LogP contribution in [0.3, 0.4) is 0 Å². The largest absolute Gasteiger partial charge is 0.478 e. The van der Waals surface area contributed by atoms with Crippen molar-refractivity contribution in [1.29, 1.82) is 0 Å². The van der Waals surface area contributed by atoms with E-state index >= 15 is 0 Å². The van der Waals surface area contributed by atoms with Crippen LogP contribution in [0.2, 0.25) is 0 Å². The van der Waals surface area contributed by atoms with Crippen LogP contribution in [0.5, 0.6) is 0 Å². The fourth-order valence-corrected chi connectivity index (χ4v) is 1.16. The molecule has 0 radical (unpaired) electrons. The Hall–Kier alpha value is -1.59. The molecule has 2 nitrogen and oxygen atoms in total. The Bertz CT molecular complexity index is 398. The molecule has 0 saturated heterocycles. The van der Waals surface area contributed by atoms with Gasteiger partial charge in [-0.2, -0.15) is 13.2 Å². The smallest absolute Gasteiger partial charge is 0.389 e. The van der Waals surface area contributed by atoms with Crippen LogP contribution in [0, 0.1) is 5.82 Å². The van der Waals surface area contributed by atoms with Gasteiger partial charge in [0.25, 0.3) is 0 Å². The fraction of sp³-hybridized carbons (Fsp3) is 0.300. The molecule has 1 aromatic carbocycles. The van der Waals surface area contributed by atoms with Gasteiger partial charge in [0.15, 0.2) is 0 Å². The zero-order valence-corrected chi connectivity index (χ0v) is 8.01. The van der Waals surface area contributed by atoms with Crippen molar-refractivity contribution in [3.05, 3.63) is 35.1 Å². The van der Waals surface area contributed by atoms with E-state index in [2.05, 4.69) is 0 Å². The minimum Gasteiger partial charge on any atom is -0.478 e. The van der Waals surface area contributed by atoms with Crippen LogP contribution < -0.4 is 0 Å². The van der Waals surface area contributed by atoms with Crippen molar-refractivity contribution in [3.8, 4) is 0 Å². The van der Waals surface area contributed by atoms with Crippen molar-refractivity contribution in [2.24, 2.45) is 0 Å². The van der Waals surface area contributed by atoms with E-state index in [1.54, 1.807) is 0 Å². The van der Waals surface area contributed by atoms with Crippen LogP contribution in [0.15, 0.2) is 18.2 Å². The van der Waals surface area contributed by atoms with Gasteiger partial charge in [-0.15, -0.1) is 0 Å². The Morgan fingerprint density at radius 1 is 1.31 bits per heavy atom. The van der Waals surface area contributed by atoms with Crippen LogP contribution in [-0.2, 0) is 6.42 Å². The number of hydrogen-bond donors (Lipinski definition) is 1. The minimum atomic E-state index is -4.35. The molecule has 0 fully saturated rings. The van der Waals surface area contributed by atoms with Crippen molar-refractivity contribution in [2.75, 3.05) is 0 Å². The van der Waals surface area contributed by atoms with Gasteiger partial charge < -0.3 is 5.11 Å². The van der Waals surface area contributed by atoms with Crippen LogP contribution in [0.25, 0.3) is 0 Å². The summed E-state index contributed by atoms with van der Waals surface area (Å²) < 4.78 is 48.7. The monoisotopic (exact) mass is 236 g/mol. The van der Waals surface area contributed by atoms with Gasteiger partial charge in [-0.05, 0) is 24.1 Å². The lowest BCUT2D eigenvalue weighted by atomic mass is 10.1. The molecule has 1 aromatic rings. The first kappa shape index (κ1) is 12.5. The zero-order chi connectivity index (χ0) is 12.3. The average molecular weight is 236 g/mol. The lowest BCUT2D eigenvalue weighted by molar-refractivity contribution is -0.134. The third-order valence-electron chi connectivity index (χ3n) is 1.98. The second-order valence-electron chi connectivity index (χ2n) is 3.23. The van der Waals surface area contributed by atoms with E-state index in [0.717, 1.165) is 12.1 Å². The highest BCUT2D eigenvalue weighted by atomic mass is 19.4. The van der Waals surface area contributed by atoms with Gasteiger partial charge in [0.05, 0.1) is 5.56 Å². The number of aryl methyl sites for hydroxylation is 1. The molecule has 0 spiro atoms. The van der Waals surface area contributed by atoms with Gasteiger partial charge in [-0.1, -0.05) is 6.07 Å².